The van der Waals surface area contributed by atoms with Crippen LogP contribution in [0, 0.1) is 12.9 Å². The van der Waals surface area contributed by atoms with Crippen LogP contribution in [0.4, 0.5) is 10.1 Å². The van der Waals surface area contributed by atoms with Gasteiger partial charge in [-0.1, -0.05) is 17.7 Å². The van der Waals surface area contributed by atoms with Crippen molar-refractivity contribution in [2.24, 2.45) is 0 Å². The van der Waals surface area contributed by atoms with Crippen LogP contribution in [0.5, 0.6) is 11.5 Å². The summed E-state index contributed by atoms with van der Waals surface area (Å²) in [5.41, 5.74) is 1.24. The Morgan fingerprint density at radius 1 is 1.08 bits per heavy atom. The molecule has 1 heterocycles. The summed E-state index contributed by atoms with van der Waals surface area (Å²) in [6.07, 6.45) is 0. The molecule has 0 saturated heterocycles. The molecule has 3 rings (SSSR count). The van der Waals surface area contributed by atoms with Crippen LogP contribution in [-0.2, 0) is 0 Å². The van der Waals surface area contributed by atoms with Crippen molar-refractivity contribution >= 4 is 23.2 Å². The lowest BCUT2D eigenvalue weighted by atomic mass is 10.2. The third-order valence-corrected chi connectivity index (χ3v) is 3.68. The van der Waals surface area contributed by atoms with E-state index in [4.69, 9.17) is 16.3 Å². The Morgan fingerprint density at radius 2 is 1.84 bits per heavy atom. The molecule has 2 aromatic carbocycles. The van der Waals surface area contributed by atoms with Gasteiger partial charge >= 0.3 is 0 Å². The van der Waals surface area contributed by atoms with Gasteiger partial charge in [-0.05, 0) is 61.5 Å². The number of nitrogens with one attached hydrogen (secondary N) is 1. The Balaban J connectivity index is 1.69. The average molecular weight is 357 g/mol. The predicted octanol–water partition coefficient (Wildman–Crippen LogP) is 5.23. The van der Waals surface area contributed by atoms with Crippen molar-refractivity contribution in [3.05, 3.63) is 82.9 Å². The predicted molar refractivity (Wildman–Crippen MR) is 94.9 cm³/mol. The van der Waals surface area contributed by atoms with E-state index in [2.05, 4.69) is 10.3 Å². The molecule has 4 nitrogen and oxygen atoms in total. The number of benzene rings is 2. The van der Waals surface area contributed by atoms with Crippen LogP contribution < -0.4 is 10.1 Å². The highest BCUT2D eigenvalue weighted by molar-refractivity contribution is 6.30. The third-order valence-electron chi connectivity index (χ3n) is 3.44. The molecule has 0 spiro atoms. The van der Waals surface area contributed by atoms with Crippen LogP contribution in [0.3, 0.4) is 0 Å². The maximum Gasteiger partial charge on any atom is 0.257 e. The molecule has 0 aliphatic carbocycles. The van der Waals surface area contributed by atoms with E-state index in [-0.39, 0.29) is 5.91 Å². The number of aromatic nitrogens is 1. The molecule has 0 fully saturated rings. The number of aryl methyl sites for hydroxylation is 1. The number of nitrogens with zero attached hydrogens (tertiary/aromatic N) is 1. The van der Waals surface area contributed by atoms with Crippen LogP contribution in [0.1, 0.15) is 16.1 Å². The first-order valence-electron chi connectivity index (χ1n) is 7.49. The second-order valence-electron chi connectivity index (χ2n) is 5.30. The molecule has 126 valence electrons. The summed E-state index contributed by atoms with van der Waals surface area (Å²) < 4.78 is 18.7. The summed E-state index contributed by atoms with van der Waals surface area (Å²) in [5.74, 6) is 0.266. The number of hydrogen-bond acceptors (Lipinski definition) is 3. The largest absolute Gasteiger partial charge is 0.457 e. The third kappa shape index (κ3) is 4.33. The van der Waals surface area contributed by atoms with Crippen LogP contribution >= 0.6 is 11.6 Å². The van der Waals surface area contributed by atoms with E-state index in [1.54, 1.807) is 55.5 Å². The second-order valence-corrected chi connectivity index (χ2v) is 5.74. The van der Waals surface area contributed by atoms with Gasteiger partial charge < -0.3 is 10.1 Å². The Kier molecular flexibility index (Phi) is 4.95. The van der Waals surface area contributed by atoms with E-state index < -0.39 is 5.95 Å². The van der Waals surface area contributed by atoms with E-state index in [1.807, 2.05) is 0 Å². The molecule has 0 radical (unpaired) electrons. The highest BCUT2D eigenvalue weighted by atomic mass is 35.5. The van der Waals surface area contributed by atoms with E-state index in [0.717, 1.165) is 6.07 Å². The molecule has 0 unspecified atom stereocenters. The van der Waals surface area contributed by atoms with Gasteiger partial charge in [0.05, 0.1) is 11.3 Å². The van der Waals surface area contributed by atoms with Crippen molar-refractivity contribution in [1.82, 2.24) is 4.98 Å². The fourth-order valence-electron chi connectivity index (χ4n) is 2.24. The zero-order chi connectivity index (χ0) is 17.8. The van der Waals surface area contributed by atoms with Gasteiger partial charge in [-0.2, -0.15) is 4.39 Å². The lowest BCUT2D eigenvalue weighted by Gasteiger charge is -2.09. The van der Waals surface area contributed by atoms with E-state index in [1.165, 1.54) is 6.07 Å². The second kappa shape index (κ2) is 7.32. The van der Waals surface area contributed by atoms with Gasteiger partial charge in [-0.3, -0.25) is 4.79 Å². The molecule has 1 amide bonds. The molecule has 3 aromatic rings. The summed E-state index contributed by atoms with van der Waals surface area (Å²) in [4.78, 5) is 15.9. The summed E-state index contributed by atoms with van der Waals surface area (Å²) >= 11 is 5.92. The molecule has 0 atom stereocenters. The van der Waals surface area contributed by atoms with Gasteiger partial charge in [0.15, 0.2) is 0 Å². The number of carbonyl (C=O) groups is 1. The SMILES string of the molecule is Cc1nc(F)ccc1C(=O)Nc1ccc(Oc2cccc(Cl)c2)cc1. The smallest absolute Gasteiger partial charge is 0.257 e. The molecular weight excluding hydrogens is 343 g/mol. The molecule has 6 heteroatoms. The number of ether oxygens (including phenoxy) is 1. The number of carbonyl (C=O) groups excluding carboxylic acids is 1. The Hall–Kier alpha value is -2.92. The minimum absolute atomic E-state index is 0.320. The summed E-state index contributed by atoms with van der Waals surface area (Å²) in [5, 5.41) is 3.33. The van der Waals surface area contributed by atoms with Crippen molar-refractivity contribution < 1.29 is 13.9 Å². The van der Waals surface area contributed by atoms with Gasteiger partial charge in [0.25, 0.3) is 5.91 Å². The fraction of sp³-hybridized carbons (Fsp3) is 0.0526. The van der Waals surface area contributed by atoms with Crippen molar-refractivity contribution in [3.63, 3.8) is 0 Å². The zero-order valence-electron chi connectivity index (χ0n) is 13.3. The quantitative estimate of drug-likeness (QED) is 0.651. The number of rotatable bonds is 4. The van der Waals surface area contributed by atoms with Crippen molar-refractivity contribution in [2.75, 3.05) is 5.32 Å². The molecule has 0 aliphatic heterocycles. The van der Waals surface area contributed by atoms with Gasteiger partial charge in [-0.15, -0.1) is 0 Å². The van der Waals surface area contributed by atoms with Crippen LogP contribution in [-0.4, -0.2) is 10.9 Å². The number of anilines is 1. The van der Waals surface area contributed by atoms with E-state index in [0.29, 0.717) is 33.5 Å². The van der Waals surface area contributed by atoms with Crippen molar-refractivity contribution in [3.8, 4) is 11.5 Å². The van der Waals surface area contributed by atoms with E-state index >= 15 is 0 Å². The fourth-order valence-corrected chi connectivity index (χ4v) is 2.42. The van der Waals surface area contributed by atoms with Gasteiger partial charge in [0, 0.05) is 10.7 Å². The van der Waals surface area contributed by atoms with Crippen LogP contribution in [0.25, 0.3) is 0 Å². The van der Waals surface area contributed by atoms with Crippen molar-refractivity contribution in [1.29, 1.82) is 0 Å². The standard InChI is InChI=1S/C19H14ClFN2O2/c1-12-17(9-10-18(21)22-12)19(24)23-14-5-7-15(8-6-14)25-16-4-2-3-13(20)11-16/h2-11H,1H3,(H,23,24). The first-order valence-corrected chi connectivity index (χ1v) is 7.87. The average Bonchev–Trinajstić information content (AvgIpc) is 2.56. The van der Waals surface area contributed by atoms with Gasteiger partial charge in [0.1, 0.15) is 11.5 Å². The molecule has 25 heavy (non-hydrogen) atoms. The Labute approximate surface area is 149 Å². The highest BCUT2D eigenvalue weighted by Crippen LogP contribution is 2.25. The van der Waals surface area contributed by atoms with Crippen molar-refractivity contribution in [2.45, 2.75) is 6.92 Å². The molecule has 1 aromatic heterocycles. The summed E-state index contributed by atoms with van der Waals surface area (Å²) in [7, 11) is 0. The summed E-state index contributed by atoms with van der Waals surface area (Å²) in [6.45, 7) is 1.58. The zero-order valence-corrected chi connectivity index (χ0v) is 14.0. The lowest BCUT2D eigenvalue weighted by Crippen LogP contribution is -2.14. The Bertz CT molecular complexity index is 914. The molecule has 1 N–H and O–H groups in total. The monoisotopic (exact) mass is 356 g/mol. The van der Waals surface area contributed by atoms with Gasteiger partial charge in [-0.25, -0.2) is 4.98 Å². The summed E-state index contributed by atoms with van der Waals surface area (Å²) in [6, 6.07) is 16.5. The number of hydrogen-bond donors (Lipinski definition) is 1. The highest BCUT2D eigenvalue weighted by Gasteiger charge is 2.11. The maximum atomic E-state index is 13.0. The number of amides is 1. The maximum absolute atomic E-state index is 13.0. The molecule has 0 bridgehead atoms. The minimum Gasteiger partial charge on any atom is -0.457 e. The molecule has 0 saturated carbocycles. The van der Waals surface area contributed by atoms with E-state index in [9.17, 15) is 9.18 Å². The first-order chi connectivity index (χ1) is 12.0. The Morgan fingerprint density at radius 3 is 2.52 bits per heavy atom. The minimum atomic E-state index is -0.614. The topological polar surface area (TPSA) is 51.2 Å². The molecular formula is C19H14ClFN2O2. The van der Waals surface area contributed by atoms with Crippen LogP contribution in [0.2, 0.25) is 5.02 Å². The normalized spacial score (nSPS) is 10.4. The van der Waals surface area contributed by atoms with Crippen LogP contribution in [0.15, 0.2) is 60.7 Å². The first kappa shape index (κ1) is 16.9. The number of pyridine rings is 1. The number of halogens is 2. The molecule has 0 aliphatic rings. The lowest BCUT2D eigenvalue weighted by molar-refractivity contribution is 0.102. The van der Waals surface area contributed by atoms with Gasteiger partial charge in [0.2, 0.25) is 5.95 Å².